The zero-order valence-electron chi connectivity index (χ0n) is 5.00. The van der Waals surface area contributed by atoms with Crippen LogP contribution in [0.15, 0.2) is 12.3 Å². The molecule has 0 aromatic carbocycles. The van der Waals surface area contributed by atoms with E-state index >= 15 is 0 Å². The van der Waals surface area contributed by atoms with Crippen molar-refractivity contribution in [2.24, 2.45) is 0 Å². The lowest BCUT2D eigenvalue weighted by Gasteiger charge is -1.93. The summed E-state index contributed by atoms with van der Waals surface area (Å²) in [7, 11) is 0. The summed E-state index contributed by atoms with van der Waals surface area (Å²) in [6.45, 7) is 0.237. The predicted octanol–water partition coefficient (Wildman–Crippen LogP) is 1.46. The Bertz CT molecular complexity index is 264. The third-order valence-electron chi connectivity index (χ3n) is 1.24. The minimum atomic E-state index is 0.237. The second-order valence-electron chi connectivity index (χ2n) is 1.84. The molecule has 0 aliphatic carbocycles. The summed E-state index contributed by atoms with van der Waals surface area (Å²) in [6, 6.07) is 1.72. The number of rotatable bonds is 0. The molecule has 0 atom stereocenters. The highest BCUT2D eigenvalue weighted by molar-refractivity contribution is 6.31. The van der Waals surface area contributed by atoms with E-state index in [-0.39, 0.29) is 6.79 Å². The highest BCUT2D eigenvalue weighted by Crippen LogP contribution is 2.36. The maximum atomic E-state index is 5.65. The van der Waals surface area contributed by atoms with Crippen molar-refractivity contribution in [3.8, 4) is 11.5 Å². The van der Waals surface area contributed by atoms with Gasteiger partial charge in [-0.3, -0.25) is 0 Å². The molecule has 1 aromatic heterocycles. The molecular formula is C6H4ClNO2. The molecule has 3 nitrogen and oxygen atoms in total. The van der Waals surface area contributed by atoms with E-state index < -0.39 is 0 Å². The summed E-state index contributed by atoms with van der Waals surface area (Å²) in [5.41, 5.74) is 0. The third kappa shape index (κ3) is 0.708. The second-order valence-corrected chi connectivity index (χ2v) is 2.19. The lowest BCUT2D eigenvalue weighted by Crippen LogP contribution is -1.93. The molecule has 0 saturated carbocycles. The van der Waals surface area contributed by atoms with Gasteiger partial charge in [0.15, 0.2) is 10.9 Å². The van der Waals surface area contributed by atoms with Crippen molar-refractivity contribution in [2.75, 3.05) is 6.79 Å². The summed E-state index contributed by atoms with van der Waals surface area (Å²) in [4.78, 5) is 3.81. The zero-order valence-corrected chi connectivity index (χ0v) is 5.76. The Labute approximate surface area is 62.5 Å². The van der Waals surface area contributed by atoms with Crippen LogP contribution in [0, 0.1) is 0 Å². The van der Waals surface area contributed by atoms with Crippen LogP contribution in [0.3, 0.4) is 0 Å². The van der Waals surface area contributed by atoms with Crippen molar-refractivity contribution in [2.45, 2.75) is 0 Å². The molecule has 0 saturated heterocycles. The number of aromatic nitrogens is 1. The van der Waals surface area contributed by atoms with Crippen LogP contribution in [0.2, 0.25) is 5.15 Å². The monoisotopic (exact) mass is 157 g/mol. The van der Waals surface area contributed by atoms with Gasteiger partial charge in [0, 0.05) is 12.3 Å². The fourth-order valence-corrected chi connectivity index (χ4v) is 1.01. The van der Waals surface area contributed by atoms with Crippen LogP contribution in [0.25, 0.3) is 0 Å². The van der Waals surface area contributed by atoms with E-state index in [2.05, 4.69) is 4.98 Å². The van der Waals surface area contributed by atoms with E-state index in [1.54, 1.807) is 12.3 Å². The highest BCUT2D eigenvalue weighted by atomic mass is 35.5. The normalized spacial score (nSPS) is 13.7. The molecule has 0 unspecified atom stereocenters. The molecule has 0 spiro atoms. The molecule has 1 aromatic rings. The van der Waals surface area contributed by atoms with E-state index in [4.69, 9.17) is 21.1 Å². The van der Waals surface area contributed by atoms with Gasteiger partial charge in [0.1, 0.15) is 0 Å². The van der Waals surface area contributed by atoms with Crippen LogP contribution in [0.5, 0.6) is 11.5 Å². The summed E-state index contributed by atoms with van der Waals surface area (Å²) in [6.07, 6.45) is 1.58. The number of halogens is 1. The first kappa shape index (κ1) is 5.80. The van der Waals surface area contributed by atoms with Gasteiger partial charge in [0.25, 0.3) is 0 Å². The van der Waals surface area contributed by atoms with E-state index in [0.717, 1.165) is 0 Å². The van der Waals surface area contributed by atoms with Crippen LogP contribution in [-0.4, -0.2) is 11.8 Å². The molecule has 10 heavy (non-hydrogen) atoms. The van der Waals surface area contributed by atoms with Crippen molar-refractivity contribution in [1.29, 1.82) is 0 Å². The first-order valence-corrected chi connectivity index (χ1v) is 3.16. The Morgan fingerprint density at radius 3 is 3.20 bits per heavy atom. The Morgan fingerprint density at radius 2 is 2.40 bits per heavy atom. The number of nitrogens with zero attached hydrogens (tertiary/aromatic N) is 1. The Morgan fingerprint density at radius 1 is 1.50 bits per heavy atom. The maximum absolute atomic E-state index is 5.65. The minimum absolute atomic E-state index is 0.237. The number of pyridine rings is 1. The fraction of sp³-hybridized carbons (Fsp3) is 0.167. The van der Waals surface area contributed by atoms with Gasteiger partial charge in [0.05, 0.1) is 0 Å². The van der Waals surface area contributed by atoms with Crippen molar-refractivity contribution in [3.63, 3.8) is 0 Å². The van der Waals surface area contributed by atoms with Crippen molar-refractivity contribution >= 4 is 11.6 Å². The zero-order chi connectivity index (χ0) is 6.97. The number of ether oxygens (including phenoxy) is 2. The molecule has 0 N–H and O–H groups in total. The summed E-state index contributed by atoms with van der Waals surface area (Å²) in [5, 5.41) is 0.356. The van der Waals surface area contributed by atoms with E-state index in [0.29, 0.717) is 16.7 Å². The number of hydrogen-bond acceptors (Lipinski definition) is 3. The first-order valence-electron chi connectivity index (χ1n) is 2.78. The molecule has 0 radical (unpaired) electrons. The van der Waals surface area contributed by atoms with Gasteiger partial charge in [-0.15, -0.1) is 0 Å². The standard InChI is InChI=1S/C6H4ClNO2/c7-6-5-4(1-2-8-6)9-3-10-5/h1-2H,3H2. The predicted molar refractivity (Wildman–Crippen MR) is 35.4 cm³/mol. The third-order valence-corrected chi connectivity index (χ3v) is 1.51. The SMILES string of the molecule is Clc1nccc2c1OCO2. The average molecular weight is 158 g/mol. The molecule has 2 heterocycles. The van der Waals surface area contributed by atoms with Crippen LogP contribution < -0.4 is 9.47 Å². The topological polar surface area (TPSA) is 31.4 Å². The summed E-state index contributed by atoms with van der Waals surface area (Å²) < 4.78 is 10.0. The Balaban J connectivity index is 2.59. The summed E-state index contributed by atoms with van der Waals surface area (Å²) in [5.74, 6) is 1.21. The van der Waals surface area contributed by atoms with Crippen molar-refractivity contribution in [1.82, 2.24) is 4.98 Å². The fourth-order valence-electron chi connectivity index (χ4n) is 0.803. The molecule has 1 aliphatic heterocycles. The van der Waals surface area contributed by atoms with Crippen LogP contribution in [0.4, 0.5) is 0 Å². The van der Waals surface area contributed by atoms with Crippen molar-refractivity contribution < 1.29 is 9.47 Å². The molecule has 0 amide bonds. The highest BCUT2D eigenvalue weighted by Gasteiger charge is 2.16. The molecule has 4 heteroatoms. The van der Waals surface area contributed by atoms with E-state index in [9.17, 15) is 0 Å². The average Bonchev–Trinajstić information content (AvgIpc) is 2.36. The van der Waals surface area contributed by atoms with Crippen LogP contribution >= 0.6 is 11.6 Å². The maximum Gasteiger partial charge on any atom is 0.231 e. The van der Waals surface area contributed by atoms with E-state index in [1.807, 2.05) is 0 Å². The largest absolute Gasteiger partial charge is 0.453 e. The van der Waals surface area contributed by atoms with Gasteiger partial charge in [-0.25, -0.2) is 4.98 Å². The summed E-state index contributed by atoms with van der Waals surface area (Å²) >= 11 is 5.65. The molecular weight excluding hydrogens is 154 g/mol. The van der Waals surface area contributed by atoms with Gasteiger partial charge in [-0.05, 0) is 0 Å². The van der Waals surface area contributed by atoms with Gasteiger partial charge in [-0.2, -0.15) is 0 Å². The van der Waals surface area contributed by atoms with Gasteiger partial charge < -0.3 is 9.47 Å². The molecule has 1 aliphatic rings. The molecule has 52 valence electrons. The van der Waals surface area contributed by atoms with Gasteiger partial charge in [-0.1, -0.05) is 11.6 Å². The lowest BCUT2D eigenvalue weighted by molar-refractivity contribution is 0.174. The first-order chi connectivity index (χ1) is 4.88. The van der Waals surface area contributed by atoms with Crippen LogP contribution in [-0.2, 0) is 0 Å². The van der Waals surface area contributed by atoms with Crippen LogP contribution in [0.1, 0.15) is 0 Å². The second kappa shape index (κ2) is 2.02. The lowest BCUT2D eigenvalue weighted by atomic mass is 10.4. The van der Waals surface area contributed by atoms with Gasteiger partial charge in [0.2, 0.25) is 12.5 Å². The molecule has 0 bridgehead atoms. The quantitative estimate of drug-likeness (QED) is 0.535. The molecule has 2 rings (SSSR count). The van der Waals surface area contributed by atoms with E-state index in [1.165, 1.54) is 0 Å². The Hall–Kier alpha value is -0.960. The Kier molecular flexibility index (Phi) is 1.17. The smallest absolute Gasteiger partial charge is 0.231 e. The minimum Gasteiger partial charge on any atom is -0.453 e. The molecule has 0 fully saturated rings. The van der Waals surface area contributed by atoms with Gasteiger partial charge >= 0.3 is 0 Å². The number of hydrogen-bond donors (Lipinski definition) is 0. The number of fused-ring (bicyclic) bond motifs is 1. The van der Waals surface area contributed by atoms with Crippen molar-refractivity contribution in [3.05, 3.63) is 17.4 Å².